The molecule has 1 aliphatic heterocycles. The van der Waals surface area contributed by atoms with E-state index in [1.807, 2.05) is 0 Å². The molecule has 11 heteroatoms. The van der Waals surface area contributed by atoms with Crippen molar-refractivity contribution in [2.45, 2.75) is 30.7 Å². The summed E-state index contributed by atoms with van der Waals surface area (Å²) in [6, 6.07) is 1.86. The number of alkyl halides is 3. The van der Waals surface area contributed by atoms with Crippen molar-refractivity contribution in [3.05, 3.63) is 28.0 Å². The molecule has 4 atom stereocenters. The van der Waals surface area contributed by atoms with Gasteiger partial charge in [0, 0.05) is 0 Å². The molecule has 3 rings (SSSR count). The number of benzene rings is 1. The molecule has 6 nitrogen and oxygen atoms in total. The second-order valence-corrected chi connectivity index (χ2v) is 5.99. The van der Waals surface area contributed by atoms with Gasteiger partial charge in [0.15, 0.2) is 6.23 Å². The van der Waals surface area contributed by atoms with Crippen LogP contribution in [0, 0.1) is 0 Å². The standard InChI is InChI=1S/C13H11Cl2F3N2O4/c14-7-4(13(16,17)18)1-2-5-8(7)19-12(15)20(5)11-10(23)9(22)6(3-21)24-11/h1-2,6,9-11,21-23H,3H2/t6-,9-,10-,11-/m1/s1. The topological polar surface area (TPSA) is 87.7 Å². The van der Waals surface area contributed by atoms with Gasteiger partial charge >= 0.3 is 6.18 Å². The quantitative estimate of drug-likeness (QED) is 0.734. The Morgan fingerprint density at radius 3 is 2.42 bits per heavy atom. The van der Waals surface area contributed by atoms with Crippen molar-refractivity contribution in [1.82, 2.24) is 9.55 Å². The number of aromatic nitrogens is 2. The maximum atomic E-state index is 12.9. The summed E-state index contributed by atoms with van der Waals surface area (Å²) >= 11 is 11.8. The van der Waals surface area contributed by atoms with Gasteiger partial charge in [-0.15, -0.1) is 0 Å². The van der Waals surface area contributed by atoms with Crippen molar-refractivity contribution in [3.8, 4) is 0 Å². The van der Waals surface area contributed by atoms with Crippen LogP contribution in [0.3, 0.4) is 0 Å². The molecule has 0 spiro atoms. The van der Waals surface area contributed by atoms with Crippen molar-refractivity contribution in [2.24, 2.45) is 0 Å². The summed E-state index contributed by atoms with van der Waals surface area (Å²) in [5.74, 6) is 0. The lowest BCUT2D eigenvalue weighted by molar-refractivity contribution is -0.137. The Kier molecular flexibility index (Phi) is 4.44. The maximum Gasteiger partial charge on any atom is 0.417 e. The number of halogens is 5. The first-order valence-corrected chi connectivity index (χ1v) is 7.48. The summed E-state index contributed by atoms with van der Waals surface area (Å²) in [5.41, 5.74) is -1.19. The third kappa shape index (κ3) is 2.65. The van der Waals surface area contributed by atoms with Crippen LogP contribution >= 0.6 is 23.2 Å². The van der Waals surface area contributed by atoms with Gasteiger partial charge in [0.2, 0.25) is 5.28 Å². The molecule has 0 radical (unpaired) electrons. The van der Waals surface area contributed by atoms with E-state index >= 15 is 0 Å². The minimum absolute atomic E-state index is 0.0906. The predicted molar refractivity (Wildman–Crippen MR) is 77.8 cm³/mol. The Morgan fingerprint density at radius 2 is 1.88 bits per heavy atom. The van der Waals surface area contributed by atoms with Crippen molar-refractivity contribution in [3.63, 3.8) is 0 Å². The summed E-state index contributed by atoms with van der Waals surface area (Å²) in [4.78, 5) is 3.80. The van der Waals surface area contributed by atoms with Gasteiger partial charge in [0.1, 0.15) is 23.8 Å². The number of aliphatic hydroxyl groups is 3. The van der Waals surface area contributed by atoms with Crippen LogP contribution in [0.25, 0.3) is 11.0 Å². The number of ether oxygens (including phenoxy) is 1. The SMILES string of the molecule is OC[C@H]1O[C@@H](n2c(Cl)nc3c(Cl)c(C(F)(F)F)ccc32)[C@H](O)[C@@H]1O. The fraction of sp³-hybridized carbons (Fsp3) is 0.462. The fourth-order valence-electron chi connectivity index (χ4n) is 2.65. The number of aliphatic hydroxyl groups excluding tert-OH is 3. The van der Waals surface area contributed by atoms with Gasteiger partial charge in [0.05, 0.1) is 22.7 Å². The second kappa shape index (κ2) is 6.01. The zero-order valence-corrected chi connectivity index (χ0v) is 13.2. The highest BCUT2D eigenvalue weighted by Crippen LogP contribution is 2.41. The third-order valence-electron chi connectivity index (χ3n) is 3.83. The predicted octanol–water partition coefficient (Wildman–Crippen LogP) is 1.97. The van der Waals surface area contributed by atoms with E-state index in [-0.39, 0.29) is 16.3 Å². The first kappa shape index (κ1) is 17.7. The van der Waals surface area contributed by atoms with E-state index in [9.17, 15) is 23.4 Å². The van der Waals surface area contributed by atoms with Crippen LogP contribution in [-0.2, 0) is 10.9 Å². The summed E-state index contributed by atoms with van der Waals surface area (Å²) in [5, 5.41) is 28.1. The molecule has 1 saturated heterocycles. The molecular weight excluding hydrogens is 376 g/mol. The molecule has 1 aliphatic rings. The summed E-state index contributed by atoms with van der Waals surface area (Å²) in [6.45, 7) is -0.558. The number of rotatable bonds is 2. The fourth-order valence-corrected chi connectivity index (χ4v) is 3.24. The Labute approximate surface area is 143 Å². The molecule has 0 unspecified atom stereocenters. The summed E-state index contributed by atoms with van der Waals surface area (Å²) in [6.07, 6.45) is -9.81. The molecule has 0 amide bonds. The average molecular weight is 387 g/mol. The van der Waals surface area contributed by atoms with Gasteiger partial charge in [-0.2, -0.15) is 13.2 Å². The van der Waals surface area contributed by atoms with Crippen LogP contribution in [0.5, 0.6) is 0 Å². The van der Waals surface area contributed by atoms with Crippen molar-refractivity contribution < 1.29 is 33.2 Å². The molecule has 2 heterocycles. The third-order valence-corrected chi connectivity index (χ3v) is 4.48. The van der Waals surface area contributed by atoms with Crippen LogP contribution in [0.2, 0.25) is 10.3 Å². The van der Waals surface area contributed by atoms with Crippen LogP contribution in [0.4, 0.5) is 13.2 Å². The van der Waals surface area contributed by atoms with E-state index in [4.69, 9.17) is 33.0 Å². The van der Waals surface area contributed by atoms with Gasteiger partial charge in [-0.25, -0.2) is 4.98 Å². The van der Waals surface area contributed by atoms with Crippen molar-refractivity contribution in [1.29, 1.82) is 0 Å². The van der Waals surface area contributed by atoms with Crippen LogP contribution in [-0.4, -0.2) is 49.8 Å². The Morgan fingerprint density at radius 1 is 1.21 bits per heavy atom. The lowest BCUT2D eigenvalue weighted by Gasteiger charge is -2.18. The van der Waals surface area contributed by atoms with E-state index in [0.717, 1.165) is 16.7 Å². The van der Waals surface area contributed by atoms with E-state index in [2.05, 4.69) is 4.98 Å². The normalized spacial score (nSPS) is 28.0. The van der Waals surface area contributed by atoms with Crippen molar-refractivity contribution >= 4 is 34.2 Å². The van der Waals surface area contributed by atoms with E-state index in [0.29, 0.717) is 0 Å². The minimum Gasteiger partial charge on any atom is -0.394 e. The molecular formula is C13H11Cl2F3N2O4. The number of hydrogen-bond donors (Lipinski definition) is 3. The maximum absolute atomic E-state index is 12.9. The van der Waals surface area contributed by atoms with E-state index in [1.165, 1.54) is 0 Å². The zero-order chi connectivity index (χ0) is 17.8. The second-order valence-electron chi connectivity index (χ2n) is 5.27. The average Bonchev–Trinajstić information content (AvgIpc) is 2.97. The molecule has 3 N–H and O–H groups in total. The summed E-state index contributed by atoms with van der Waals surface area (Å²) in [7, 11) is 0. The molecule has 0 saturated carbocycles. The Balaban J connectivity index is 2.14. The zero-order valence-electron chi connectivity index (χ0n) is 11.7. The smallest absolute Gasteiger partial charge is 0.394 e. The number of imidazole rings is 1. The molecule has 1 aromatic carbocycles. The number of fused-ring (bicyclic) bond motifs is 1. The molecule has 24 heavy (non-hydrogen) atoms. The van der Waals surface area contributed by atoms with E-state index in [1.54, 1.807) is 0 Å². The van der Waals surface area contributed by atoms with Gasteiger partial charge in [-0.3, -0.25) is 4.57 Å². The summed E-state index contributed by atoms with van der Waals surface area (Å²) < 4.78 is 45.2. The largest absolute Gasteiger partial charge is 0.417 e. The molecule has 0 bridgehead atoms. The highest BCUT2D eigenvalue weighted by atomic mass is 35.5. The monoisotopic (exact) mass is 386 g/mol. The van der Waals surface area contributed by atoms with Crippen LogP contribution in [0.15, 0.2) is 12.1 Å². The highest BCUT2D eigenvalue weighted by Gasteiger charge is 2.45. The van der Waals surface area contributed by atoms with Gasteiger partial charge in [0.25, 0.3) is 0 Å². The van der Waals surface area contributed by atoms with Crippen LogP contribution in [0.1, 0.15) is 11.8 Å². The first-order chi connectivity index (χ1) is 11.2. The Bertz CT molecular complexity index is 783. The lowest BCUT2D eigenvalue weighted by Crippen LogP contribution is -2.33. The molecule has 0 aliphatic carbocycles. The molecule has 2 aromatic rings. The number of hydrogen-bond acceptors (Lipinski definition) is 5. The Hall–Kier alpha value is -1.10. The molecule has 1 fully saturated rings. The van der Waals surface area contributed by atoms with Gasteiger partial charge in [-0.1, -0.05) is 11.6 Å². The number of nitrogens with zero attached hydrogens (tertiary/aromatic N) is 2. The minimum atomic E-state index is -4.66. The molecule has 1 aromatic heterocycles. The van der Waals surface area contributed by atoms with Gasteiger partial charge in [-0.05, 0) is 23.7 Å². The van der Waals surface area contributed by atoms with Crippen LogP contribution < -0.4 is 0 Å². The highest BCUT2D eigenvalue weighted by molar-refractivity contribution is 6.36. The van der Waals surface area contributed by atoms with Crippen molar-refractivity contribution in [2.75, 3.05) is 6.61 Å². The first-order valence-electron chi connectivity index (χ1n) is 6.72. The lowest BCUT2D eigenvalue weighted by atomic mass is 10.1. The molecule has 132 valence electrons. The van der Waals surface area contributed by atoms with Gasteiger partial charge < -0.3 is 20.1 Å². The van der Waals surface area contributed by atoms with E-state index < -0.39 is 47.9 Å².